The molecule has 1 aliphatic carbocycles. The predicted molar refractivity (Wildman–Crippen MR) is 121 cm³/mol. The van der Waals surface area contributed by atoms with E-state index in [0.717, 1.165) is 11.1 Å². The minimum Gasteiger partial charge on any atom is -0.479 e. The topological polar surface area (TPSA) is 114 Å². The van der Waals surface area contributed by atoms with Crippen molar-refractivity contribution in [3.8, 4) is 11.1 Å². The molecular formula is C25H28N2O6. The number of rotatable bonds is 8. The second-order valence-electron chi connectivity index (χ2n) is 8.50. The van der Waals surface area contributed by atoms with E-state index in [1.165, 1.54) is 11.1 Å². The Bertz CT molecular complexity index is 994. The number of carboxylic acids is 1. The van der Waals surface area contributed by atoms with Crippen LogP contribution in [0.5, 0.6) is 0 Å². The second kappa shape index (κ2) is 10.0. The van der Waals surface area contributed by atoms with Crippen LogP contribution in [0.3, 0.4) is 0 Å². The first kappa shape index (κ1) is 22.8. The first-order valence-corrected chi connectivity index (χ1v) is 11.2. The summed E-state index contributed by atoms with van der Waals surface area (Å²) < 4.78 is 10.7. The lowest BCUT2D eigenvalue weighted by atomic mass is 9.98. The van der Waals surface area contributed by atoms with Crippen LogP contribution in [0.15, 0.2) is 48.5 Å². The molecule has 2 aliphatic rings. The molecule has 4 rings (SSSR count). The van der Waals surface area contributed by atoms with Gasteiger partial charge in [-0.25, -0.2) is 9.59 Å². The van der Waals surface area contributed by atoms with Crippen molar-refractivity contribution in [3.63, 3.8) is 0 Å². The molecule has 3 unspecified atom stereocenters. The van der Waals surface area contributed by atoms with E-state index in [1.807, 2.05) is 24.3 Å². The Morgan fingerprint density at radius 3 is 2.36 bits per heavy atom. The SMILES string of the molecule is CC(CCC(=O)NC1CCOC1C(=O)O)NC(=O)OCC1c2ccccc2-c2ccccc21. The fourth-order valence-corrected chi connectivity index (χ4v) is 4.52. The number of hydrogen-bond acceptors (Lipinski definition) is 5. The van der Waals surface area contributed by atoms with Gasteiger partial charge in [0.1, 0.15) is 6.61 Å². The Balaban J connectivity index is 1.23. The highest BCUT2D eigenvalue weighted by atomic mass is 16.5. The maximum absolute atomic E-state index is 12.4. The Kier molecular flexibility index (Phi) is 6.93. The van der Waals surface area contributed by atoms with Crippen LogP contribution in [-0.4, -0.2) is 54.5 Å². The van der Waals surface area contributed by atoms with Crippen LogP contribution in [0.1, 0.15) is 43.2 Å². The fourth-order valence-electron chi connectivity index (χ4n) is 4.52. The molecule has 2 aromatic carbocycles. The molecule has 1 aliphatic heterocycles. The van der Waals surface area contributed by atoms with Crippen molar-refractivity contribution in [1.29, 1.82) is 0 Å². The first-order chi connectivity index (χ1) is 15.9. The molecule has 1 saturated heterocycles. The summed E-state index contributed by atoms with van der Waals surface area (Å²) in [6, 6.07) is 15.5. The highest BCUT2D eigenvalue weighted by Gasteiger charge is 2.35. The fraction of sp³-hybridized carbons (Fsp3) is 0.400. The number of alkyl carbamates (subject to hydrolysis) is 1. The van der Waals surface area contributed by atoms with E-state index in [9.17, 15) is 14.4 Å². The zero-order valence-corrected chi connectivity index (χ0v) is 18.5. The summed E-state index contributed by atoms with van der Waals surface area (Å²) in [6.45, 7) is 2.33. The maximum atomic E-state index is 12.4. The van der Waals surface area contributed by atoms with Crippen molar-refractivity contribution in [2.24, 2.45) is 0 Å². The van der Waals surface area contributed by atoms with Gasteiger partial charge in [0.2, 0.25) is 5.91 Å². The summed E-state index contributed by atoms with van der Waals surface area (Å²) >= 11 is 0. The van der Waals surface area contributed by atoms with Crippen LogP contribution in [-0.2, 0) is 19.1 Å². The van der Waals surface area contributed by atoms with E-state index < -0.39 is 24.2 Å². The normalized spacial score (nSPS) is 19.9. The van der Waals surface area contributed by atoms with Crippen molar-refractivity contribution < 1.29 is 29.0 Å². The van der Waals surface area contributed by atoms with Crippen LogP contribution < -0.4 is 10.6 Å². The molecule has 1 fully saturated rings. The second-order valence-corrected chi connectivity index (χ2v) is 8.50. The lowest BCUT2D eigenvalue weighted by molar-refractivity contribution is -0.148. The smallest absolute Gasteiger partial charge is 0.407 e. The minimum atomic E-state index is -1.08. The van der Waals surface area contributed by atoms with Gasteiger partial charge in [-0.1, -0.05) is 48.5 Å². The number of nitrogens with one attached hydrogen (secondary N) is 2. The van der Waals surface area contributed by atoms with Crippen molar-refractivity contribution >= 4 is 18.0 Å². The number of benzene rings is 2. The number of fused-ring (bicyclic) bond motifs is 3. The molecule has 1 heterocycles. The summed E-state index contributed by atoms with van der Waals surface area (Å²) in [5, 5.41) is 14.6. The molecule has 3 N–H and O–H groups in total. The average molecular weight is 453 g/mol. The number of aliphatic carboxylic acids is 1. The molecule has 0 radical (unpaired) electrons. The number of hydrogen-bond donors (Lipinski definition) is 3. The Morgan fingerprint density at radius 1 is 1.09 bits per heavy atom. The largest absolute Gasteiger partial charge is 0.479 e. The summed E-state index contributed by atoms with van der Waals surface area (Å²) in [5.74, 6) is -1.36. The highest BCUT2D eigenvalue weighted by Crippen LogP contribution is 2.44. The van der Waals surface area contributed by atoms with Crippen molar-refractivity contribution in [2.45, 2.75) is 50.3 Å². The van der Waals surface area contributed by atoms with Crippen molar-refractivity contribution in [1.82, 2.24) is 10.6 Å². The molecule has 8 heteroatoms. The molecule has 174 valence electrons. The third-order valence-electron chi connectivity index (χ3n) is 6.19. The molecule has 0 spiro atoms. The zero-order valence-electron chi connectivity index (χ0n) is 18.5. The molecule has 8 nitrogen and oxygen atoms in total. The van der Waals surface area contributed by atoms with Gasteiger partial charge < -0.3 is 25.2 Å². The van der Waals surface area contributed by atoms with E-state index in [0.29, 0.717) is 19.4 Å². The van der Waals surface area contributed by atoms with Crippen LogP contribution in [0.2, 0.25) is 0 Å². The van der Waals surface area contributed by atoms with Gasteiger partial charge in [-0.3, -0.25) is 4.79 Å². The lowest BCUT2D eigenvalue weighted by Gasteiger charge is -2.18. The standard InChI is InChI=1S/C25H28N2O6/c1-15(10-11-22(28)27-21-12-13-32-23(21)24(29)30)26-25(31)33-14-20-18-8-4-2-6-16(18)17-7-3-5-9-19(17)20/h2-9,15,20-21,23H,10-14H2,1H3,(H,26,31)(H,27,28)(H,29,30). The van der Waals surface area contributed by atoms with Crippen LogP contribution >= 0.6 is 0 Å². The van der Waals surface area contributed by atoms with Gasteiger partial charge in [-0.2, -0.15) is 0 Å². The Hall–Kier alpha value is -3.39. The van der Waals surface area contributed by atoms with Gasteiger partial charge in [-0.05, 0) is 42.0 Å². The summed E-state index contributed by atoms with van der Waals surface area (Å²) in [7, 11) is 0. The summed E-state index contributed by atoms with van der Waals surface area (Å²) in [6.07, 6.45) is -0.504. The van der Waals surface area contributed by atoms with Gasteiger partial charge in [0.05, 0.1) is 6.04 Å². The predicted octanol–water partition coefficient (Wildman–Crippen LogP) is 3.05. The van der Waals surface area contributed by atoms with Gasteiger partial charge in [0.15, 0.2) is 6.10 Å². The molecule has 33 heavy (non-hydrogen) atoms. The first-order valence-electron chi connectivity index (χ1n) is 11.2. The van der Waals surface area contributed by atoms with Crippen molar-refractivity contribution in [2.75, 3.05) is 13.2 Å². The monoisotopic (exact) mass is 452 g/mol. The van der Waals surface area contributed by atoms with E-state index >= 15 is 0 Å². The van der Waals surface area contributed by atoms with Gasteiger partial charge >= 0.3 is 12.1 Å². The molecule has 0 saturated carbocycles. The molecule has 0 aromatic heterocycles. The summed E-state index contributed by atoms with van der Waals surface area (Å²) in [5.41, 5.74) is 4.62. The number of carboxylic acid groups (broad SMARTS) is 1. The number of carbonyl (C=O) groups is 3. The number of ether oxygens (including phenoxy) is 2. The van der Waals surface area contributed by atoms with E-state index in [-0.39, 0.29) is 30.9 Å². The van der Waals surface area contributed by atoms with Crippen LogP contribution in [0.25, 0.3) is 11.1 Å². The highest BCUT2D eigenvalue weighted by molar-refractivity contribution is 5.80. The molecule has 2 aromatic rings. The minimum absolute atomic E-state index is 0.0138. The van der Waals surface area contributed by atoms with E-state index in [2.05, 4.69) is 34.9 Å². The van der Waals surface area contributed by atoms with Gasteiger partial charge in [0, 0.05) is 25.0 Å². The van der Waals surface area contributed by atoms with Gasteiger partial charge in [-0.15, -0.1) is 0 Å². The Labute approximate surface area is 192 Å². The van der Waals surface area contributed by atoms with Crippen LogP contribution in [0.4, 0.5) is 4.79 Å². The lowest BCUT2D eigenvalue weighted by Crippen LogP contribution is -2.44. The number of amides is 2. The quantitative estimate of drug-likeness (QED) is 0.567. The molecular weight excluding hydrogens is 424 g/mol. The number of carbonyl (C=O) groups excluding carboxylic acids is 2. The van der Waals surface area contributed by atoms with E-state index in [1.54, 1.807) is 6.92 Å². The third-order valence-corrected chi connectivity index (χ3v) is 6.19. The zero-order chi connectivity index (χ0) is 23.4. The molecule has 2 amide bonds. The Morgan fingerprint density at radius 2 is 1.73 bits per heavy atom. The van der Waals surface area contributed by atoms with E-state index in [4.69, 9.17) is 14.6 Å². The summed E-state index contributed by atoms with van der Waals surface area (Å²) in [4.78, 5) is 35.7. The maximum Gasteiger partial charge on any atom is 0.407 e. The van der Waals surface area contributed by atoms with Gasteiger partial charge in [0.25, 0.3) is 0 Å². The molecule has 3 atom stereocenters. The average Bonchev–Trinajstić information content (AvgIpc) is 3.39. The molecule has 0 bridgehead atoms. The third kappa shape index (κ3) is 5.17. The van der Waals surface area contributed by atoms with Crippen LogP contribution in [0, 0.1) is 0 Å². The van der Waals surface area contributed by atoms with Crippen molar-refractivity contribution in [3.05, 3.63) is 59.7 Å².